The van der Waals surface area contributed by atoms with Crippen molar-refractivity contribution in [1.29, 1.82) is 0 Å². The monoisotopic (exact) mass is 438 g/mol. The zero-order valence-corrected chi connectivity index (χ0v) is 18.1. The van der Waals surface area contributed by atoms with Crippen LogP contribution in [0.1, 0.15) is 12.8 Å². The van der Waals surface area contributed by atoms with Crippen molar-refractivity contribution in [2.24, 2.45) is 5.14 Å². The van der Waals surface area contributed by atoms with Crippen LogP contribution in [0.5, 0.6) is 0 Å². The van der Waals surface area contributed by atoms with Gasteiger partial charge in [0.05, 0.1) is 16.7 Å². The number of nitrogens with two attached hydrogens (primary N) is 1. The molecule has 2 aliphatic heterocycles. The van der Waals surface area contributed by atoms with Crippen LogP contribution in [0.3, 0.4) is 0 Å². The van der Waals surface area contributed by atoms with Crippen molar-refractivity contribution in [2.45, 2.75) is 17.7 Å². The summed E-state index contributed by atoms with van der Waals surface area (Å²) in [5.74, 6) is 1.87. The fourth-order valence-electron chi connectivity index (χ4n) is 4.45. The van der Waals surface area contributed by atoms with Gasteiger partial charge in [0.2, 0.25) is 10.0 Å². The minimum atomic E-state index is -3.77. The molecule has 5 rings (SSSR count). The molecule has 3 aromatic rings. The lowest BCUT2D eigenvalue weighted by Crippen LogP contribution is -2.47. The van der Waals surface area contributed by atoms with Crippen LogP contribution < -0.4 is 19.8 Å². The number of aromatic nitrogens is 2. The molecule has 2 aromatic carbocycles. The third-order valence-electron chi connectivity index (χ3n) is 6.03. The first-order valence-corrected chi connectivity index (χ1v) is 12.2. The Bertz CT molecular complexity index is 1200. The Morgan fingerprint density at radius 2 is 1.16 bits per heavy atom. The van der Waals surface area contributed by atoms with Crippen LogP contribution in [0, 0.1) is 0 Å². The highest BCUT2D eigenvalue weighted by atomic mass is 32.2. The number of rotatable bonds is 4. The van der Waals surface area contributed by atoms with Gasteiger partial charge in [-0.15, -0.1) is 0 Å². The lowest BCUT2D eigenvalue weighted by Gasteiger charge is -2.38. The molecule has 9 heteroatoms. The summed E-state index contributed by atoms with van der Waals surface area (Å²) in [6.45, 7) is 4.82. The summed E-state index contributed by atoms with van der Waals surface area (Å²) in [6, 6.07) is 14.9. The van der Waals surface area contributed by atoms with E-state index in [0.29, 0.717) is 18.8 Å². The Labute approximate surface area is 182 Å². The second kappa shape index (κ2) is 7.97. The molecule has 0 atom stereocenters. The van der Waals surface area contributed by atoms with E-state index in [1.165, 1.54) is 12.8 Å². The molecule has 0 spiro atoms. The van der Waals surface area contributed by atoms with Gasteiger partial charge in [-0.2, -0.15) is 0 Å². The lowest BCUT2D eigenvalue weighted by molar-refractivity contribution is 0.595. The van der Waals surface area contributed by atoms with E-state index in [9.17, 15) is 8.42 Å². The predicted octanol–water partition coefficient (Wildman–Crippen LogP) is 2.20. The van der Waals surface area contributed by atoms with Gasteiger partial charge in [0.25, 0.3) is 0 Å². The molecule has 162 valence electrons. The van der Waals surface area contributed by atoms with Crippen LogP contribution in [0.4, 0.5) is 17.3 Å². The van der Waals surface area contributed by atoms with Crippen molar-refractivity contribution in [3.63, 3.8) is 0 Å². The van der Waals surface area contributed by atoms with Crippen LogP contribution in [0.15, 0.2) is 53.4 Å². The average molecular weight is 439 g/mol. The van der Waals surface area contributed by atoms with E-state index >= 15 is 0 Å². The molecule has 0 unspecified atom stereocenters. The van der Waals surface area contributed by atoms with Crippen molar-refractivity contribution >= 4 is 38.4 Å². The van der Waals surface area contributed by atoms with Gasteiger partial charge >= 0.3 is 0 Å². The van der Waals surface area contributed by atoms with E-state index in [1.807, 2.05) is 36.4 Å². The summed E-state index contributed by atoms with van der Waals surface area (Å²) in [5, 5.41) is 5.44. The maximum absolute atomic E-state index is 12.0. The third kappa shape index (κ3) is 3.90. The Morgan fingerprint density at radius 1 is 0.677 bits per heavy atom. The molecule has 0 bridgehead atoms. The highest BCUT2D eigenvalue weighted by molar-refractivity contribution is 7.89. The third-order valence-corrected chi connectivity index (χ3v) is 6.99. The molecular weight excluding hydrogens is 412 g/mol. The van der Waals surface area contributed by atoms with Crippen molar-refractivity contribution in [3.8, 4) is 0 Å². The normalized spacial score (nSPS) is 17.5. The molecule has 8 nitrogen and oxygen atoms in total. The molecule has 2 N–H and O–H groups in total. The van der Waals surface area contributed by atoms with E-state index in [1.54, 1.807) is 12.1 Å². The number of hydrogen-bond donors (Lipinski definition) is 1. The van der Waals surface area contributed by atoms with Gasteiger partial charge in [0.1, 0.15) is 4.90 Å². The summed E-state index contributed by atoms with van der Waals surface area (Å²) in [5.41, 5.74) is 2.46. The number of piperazine rings is 1. The number of nitrogens with zero attached hydrogens (tertiary/aromatic N) is 5. The number of fused-ring (bicyclic) bond motifs is 1. The van der Waals surface area contributed by atoms with Gasteiger partial charge in [-0.05, 0) is 37.1 Å². The highest BCUT2D eigenvalue weighted by Gasteiger charge is 2.27. The number of primary sulfonamides is 1. The zero-order valence-electron chi connectivity index (χ0n) is 17.3. The topological polar surface area (TPSA) is 95.7 Å². The van der Waals surface area contributed by atoms with Crippen molar-refractivity contribution in [3.05, 3.63) is 48.5 Å². The van der Waals surface area contributed by atoms with E-state index in [4.69, 9.17) is 15.1 Å². The largest absolute Gasteiger partial charge is 0.367 e. The van der Waals surface area contributed by atoms with E-state index < -0.39 is 10.0 Å². The van der Waals surface area contributed by atoms with E-state index in [0.717, 1.165) is 48.8 Å². The average Bonchev–Trinajstić information content (AvgIpc) is 3.33. The van der Waals surface area contributed by atoms with Crippen LogP contribution in [-0.4, -0.2) is 57.7 Å². The molecular formula is C22H26N6O2S. The number of sulfonamides is 1. The summed E-state index contributed by atoms with van der Waals surface area (Å²) in [6.07, 6.45) is 2.35. The van der Waals surface area contributed by atoms with Crippen LogP contribution >= 0.6 is 0 Å². The van der Waals surface area contributed by atoms with Crippen LogP contribution in [0.25, 0.3) is 11.0 Å². The standard InChI is InChI=1S/C22H26N6O2S/c23-31(29,30)20-10-4-3-9-19(20)26-13-15-28(16-14-26)22-21(27-11-5-6-12-27)24-17-7-1-2-8-18(17)25-22/h1-4,7-10H,5-6,11-16H2,(H2,23,29,30). The molecule has 0 amide bonds. The molecule has 0 aliphatic carbocycles. The van der Waals surface area contributed by atoms with Gasteiger partial charge in [-0.3, -0.25) is 0 Å². The molecule has 2 aliphatic rings. The smallest absolute Gasteiger partial charge is 0.240 e. The first kappa shape index (κ1) is 20.0. The molecule has 2 fully saturated rings. The predicted molar refractivity (Wildman–Crippen MR) is 123 cm³/mol. The Morgan fingerprint density at radius 3 is 1.74 bits per heavy atom. The van der Waals surface area contributed by atoms with Crippen molar-refractivity contribution < 1.29 is 8.42 Å². The molecule has 1 aromatic heterocycles. The number of benzene rings is 2. The first-order valence-electron chi connectivity index (χ1n) is 10.6. The van der Waals surface area contributed by atoms with E-state index in [-0.39, 0.29) is 4.90 Å². The number of anilines is 3. The second-order valence-corrected chi connectivity index (χ2v) is 9.57. The maximum atomic E-state index is 12.0. The summed E-state index contributed by atoms with van der Waals surface area (Å²) in [4.78, 5) is 16.8. The fourth-order valence-corrected chi connectivity index (χ4v) is 5.21. The molecule has 0 saturated carbocycles. The molecule has 0 radical (unpaired) electrons. The van der Waals surface area contributed by atoms with Gasteiger partial charge in [-0.25, -0.2) is 23.5 Å². The van der Waals surface area contributed by atoms with Crippen molar-refractivity contribution in [2.75, 3.05) is 54.0 Å². The SMILES string of the molecule is NS(=O)(=O)c1ccccc1N1CCN(c2nc3ccccc3nc2N2CCCC2)CC1. The van der Waals surface area contributed by atoms with E-state index in [2.05, 4.69) is 14.7 Å². The van der Waals surface area contributed by atoms with Crippen molar-refractivity contribution in [1.82, 2.24) is 9.97 Å². The highest BCUT2D eigenvalue weighted by Crippen LogP contribution is 2.32. The van der Waals surface area contributed by atoms with Gasteiger partial charge < -0.3 is 14.7 Å². The quantitative estimate of drug-likeness (QED) is 0.667. The summed E-state index contributed by atoms with van der Waals surface area (Å²) in [7, 11) is -3.77. The van der Waals surface area contributed by atoms with Gasteiger partial charge in [0.15, 0.2) is 11.6 Å². The van der Waals surface area contributed by atoms with Gasteiger partial charge in [-0.1, -0.05) is 24.3 Å². The number of para-hydroxylation sites is 3. The van der Waals surface area contributed by atoms with Crippen LogP contribution in [-0.2, 0) is 10.0 Å². The minimum absolute atomic E-state index is 0.173. The van der Waals surface area contributed by atoms with Crippen LogP contribution in [0.2, 0.25) is 0 Å². The molecule has 2 saturated heterocycles. The Hall–Kier alpha value is -2.91. The summed E-state index contributed by atoms with van der Waals surface area (Å²) >= 11 is 0. The molecule has 3 heterocycles. The van der Waals surface area contributed by atoms with Gasteiger partial charge in [0, 0.05) is 39.3 Å². The second-order valence-electron chi connectivity index (χ2n) is 8.04. The minimum Gasteiger partial charge on any atom is -0.367 e. The fraction of sp³-hybridized carbons (Fsp3) is 0.364. The zero-order chi connectivity index (χ0) is 21.4. The maximum Gasteiger partial charge on any atom is 0.240 e. The Kier molecular flexibility index (Phi) is 5.15. The molecule has 31 heavy (non-hydrogen) atoms. The summed E-state index contributed by atoms with van der Waals surface area (Å²) < 4.78 is 24.0. The Balaban J connectivity index is 1.44. The first-order chi connectivity index (χ1) is 15.0. The lowest BCUT2D eigenvalue weighted by atomic mass is 10.2. The number of hydrogen-bond acceptors (Lipinski definition) is 7.